The van der Waals surface area contributed by atoms with E-state index in [0.29, 0.717) is 0 Å². The average Bonchev–Trinajstić information content (AvgIpc) is 2.37. The molecule has 19 heavy (non-hydrogen) atoms. The lowest BCUT2D eigenvalue weighted by atomic mass is 9.71. The summed E-state index contributed by atoms with van der Waals surface area (Å²) in [5.41, 5.74) is -0.990. The highest BCUT2D eigenvalue weighted by atomic mass is 16.5. The highest BCUT2D eigenvalue weighted by Gasteiger charge is 2.48. The summed E-state index contributed by atoms with van der Waals surface area (Å²) in [5, 5.41) is 11.3. The molecule has 116 valence electrons. The molecular weight excluding hydrogens is 236 g/mol. The topological polar surface area (TPSA) is 29.5 Å². The molecule has 0 amide bonds. The van der Waals surface area contributed by atoms with E-state index in [-0.39, 0.29) is 5.60 Å². The molecule has 2 nitrogen and oxygen atoms in total. The zero-order valence-corrected chi connectivity index (χ0v) is 13.9. The summed E-state index contributed by atoms with van der Waals surface area (Å²) in [6, 6.07) is 0. The van der Waals surface area contributed by atoms with E-state index in [4.69, 9.17) is 4.74 Å². The summed E-state index contributed by atoms with van der Waals surface area (Å²) >= 11 is 0. The van der Waals surface area contributed by atoms with E-state index >= 15 is 0 Å². The Morgan fingerprint density at radius 3 is 1.42 bits per heavy atom. The van der Waals surface area contributed by atoms with Crippen molar-refractivity contribution in [2.45, 2.75) is 104 Å². The molecule has 0 rings (SSSR count). The Labute approximate surface area is 120 Å². The molecule has 0 aromatic carbocycles. The van der Waals surface area contributed by atoms with Crippen LogP contribution in [0.25, 0.3) is 0 Å². The van der Waals surface area contributed by atoms with Gasteiger partial charge in [0.25, 0.3) is 0 Å². The Balaban J connectivity index is 5.29. The van der Waals surface area contributed by atoms with Crippen LogP contribution in [-0.2, 0) is 4.74 Å². The zero-order chi connectivity index (χ0) is 14.8. The van der Waals surface area contributed by atoms with Crippen LogP contribution in [-0.4, -0.2) is 22.9 Å². The molecule has 0 radical (unpaired) electrons. The third kappa shape index (κ3) is 5.07. The molecule has 0 aromatic rings. The third-order valence-corrected chi connectivity index (χ3v) is 4.07. The van der Waals surface area contributed by atoms with Crippen molar-refractivity contribution in [1.82, 2.24) is 0 Å². The summed E-state index contributed by atoms with van der Waals surface area (Å²) in [7, 11) is 0. The number of ether oxygens (including phenoxy) is 1. The van der Waals surface area contributed by atoms with Crippen LogP contribution in [0.15, 0.2) is 0 Å². The highest BCUT2D eigenvalue weighted by molar-refractivity contribution is 5.00. The van der Waals surface area contributed by atoms with Crippen molar-refractivity contribution in [3.8, 4) is 0 Å². The van der Waals surface area contributed by atoms with Crippen LogP contribution in [0.5, 0.6) is 0 Å². The van der Waals surface area contributed by atoms with Crippen LogP contribution in [0.3, 0.4) is 0 Å². The summed E-state index contributed by atoms with van der Waals surface area (Å²) < 4.78 is 6.28. The van der Waals surface area contributed by atoms with Gasteiger partial charge in [-0.05, 0) is 32.1 Å². The Morgan fingerprint density at radius 2 is 1.11 bits per heavy atom. The Hall–Kier alpha value is -0.0800. The van der Waals surface area contributed by atoms with Crippen molar-refractivity contribution < 1.29 is 9.84 Å². The van der Waals surface area contributed by atoms with Gasteiger partial charge in [0.1, 0.15) is 0 Å². The van der Waals surface area contributed by atoms with Gasteiger partial charge in [0.15, 0.2) is 0 Å². The first-order valence-electron chi connectivity index (χ1n) is 8.42. The summed E-state index contributed by atoms with van der Waals surface area (Å²) in [6.45, 7) is 11.6. The molecule has 0 spiro atoms. The fraction of sp³-hybridized carbons (Fsp3) is 1.00. The van der Waals surface area contributed by atoms with Gasteiger partial charge in [0.05, 0.1) is 11.2 Å². The molecule has 0 fully saturated rings. The van der Waals surface area contributed by atoms with Crippen LogP contribution >= 0.6 is 0 Å². The molecule has 0 bridgehead atoms. The maximum Gasteiger partial charge on any atom is 0.0967 e. The van der Waals surface area contributed by atoms with Crippen molar-refractivity contribution in [3.05, 3.63) is 0 Å². The van der Waals surface area contributed by atoms with Crippen LogP contribution in [0.2, 0.25) is 0 Å². The minimum Gasteiger partial charge on any atom is -0.387 e. The predicted molar refractivity (Wildman–Crippen MR) is 83.6 cm³/mol. The van der Waals surface area contributed by atoms with Gasteiger partial charge in [-0.1, -0.05) is 60.3 Å². The lowest BCUT2D eigenvalue weighted by Gasteiger charge is -2.48. The molecule has 0 saturated heterocycles. The molecule has 0 aliphatic heterocycles. The third-order valence-electron chi connectivity index (χ3n) is 4.07. The van der Waals surface area contributed by atoms with Gasteiger partial charge < -0.3 is 9.84 Å². The molecular formula is C17H36O2. The molecule has 0 saturated carbocycles. The van der Waals surface area contributed by atoms with Gasteiger partial charge in [0, 0.05) is 6.61 Å². The molecule has 1 N–H and O–H groups in total. The Bertz CT molecular complexity index is 201. The molecule has 0 aromatic heterocycles. The molecule has 0 heterocycles. The lowest BCUT2D eigenvalue weighted by Crippen LogP contribution is -2.56. The molecule has 0 unspecified atom stereocenters. The van der Waals surface area contributed by atoms with Crippen LogP contribution in [0.1, 0.15) is 92.4 Å². The molecule has 2 heteroatoms. The average molecular weight is 272 g/mol. The van der Waals surface area contributed by atoms with E-state index in [1.165, 1.54) is 0 Å². The van der Waals surface area contributed by atoms with Gasteiger partial charge in [-0.2, -0.15) is 0 Å². The smallest absolute Gasteiger partial charge is 0.0967 e. The van der Waals surface area contributed by atoms with E-state index in [1.54, 1.807) is 0 Å². The van der Waals surface area contributed by atoms with Crippen LogP contribution in [0.4, 0.5) is 0 Å². The minimum absolute atomic E-state index is 0.335. The van der Waals surface area contributed by atoms with E-state index < -0.39 is 5.60 Å². The summed E-state index contributed by atoms with van der Waals surface area (Å²) in [4.78, 5) is 0. The van der Waals surface area contributed by atoms with Crippen molar-refractivity contribution in [2.75, 3.05) is 6.61 Å². The first-order chi connectivity index (χ1) is 9.05. The zero-order valence-electron chi connectivity index (χ0n) is 13.9. The van der Waals surface area contributed by atoms with Gasteiger partial charge in [-0.3, -0.25) is 0 Å². The second kappa shape index (κ2) is 9.77. The maximum absolute atomic E-state index is 11.3. The molecule has 0 aliphatic rings. The normalized spacial score (nSPS) is 12.9. The first-order valence-corrected chi connectivity index (χ1v) is 8.42. The number of hydrogen-bond donors (Lipinski definition) is 1. The Morgan fingerprint density at radius 1 is 0.684 bits per heavy atom. The number of hydrogen-bond acceptors (Lipinski definition) is 2. The van der Waals surface area contributed by atoms with E-state index in [9.17, 15) is 5.11 Å². The van der Waals surface area contributed by atoms with Gasteiger partial charge in [0.2, 0.25) is 0 Å². The number of rotatable bonds is 12. The van der Waals surface area contributed by atoms with Crippen LogP contribution in [0, 0.1) is 0 Å². The van der Waals surface area contributed by atoms with Gasteiger partial charge >= 0.3 is 0 Å². The molecule has 0 atom stereocenters. The van der Waals surface area contributed by atoms with E-state index in [1.807, 2.05) is 0 Å². The van der Waals surface area contributed by atoms with Gasteiger partial charge in [-0.15, -0.1) is 0 Å². The summed E-state index contributed by atoms with van der Waals surface area (Å²) in [5.74, 6) is 0. The summed E-state index contributed by atoms with van der Waals surface area (Å²) in [6.07, 6.45) is 8.83. The highest BCUT2D eigenvalue weighted by Crippen LogP contribution is 2.41. The van der Waals surface area contributed by atoms with Crippen molar-refractivity contribution in [1.29, 1.82) is 0 Å². The fourth-order valence-electron chi connectivity index (χ4n) is 3.38. The second-order valence-electron chi connectivity index (χ2n) is 5.87. The first kappa shape index (κ1) is 18.9. The maximum atomic E-state index is 11.3. The minimum atomic E-state index is -0.655. The van der Waals surface area contributed by atoms with E-state index in [0.717, 1.165) is 64.4 Å². The van der Waals surface area contributed by atoms with E-state index in [2.05, 4.69) is 34.6 Å². The quantitative estimate of drug-likeness (QED) is 0.536. The van der Waals surface area contributed by atoms with Crippen LogP contribution < -0.4 is 0 Å². The standard InChI is InChI=1S/C17H36O2/c1-6-11-16(18,12-7-2)17(13-8-3,14-9-4)19-15-10-5/h18H,6-15H2,1-5H3. The fourth-order valence-corrected chi connectivity index (χ4v) is 3.38. The van der Waals surface area contributed by atoms with Crippen molar-refractivity contribution in [3.63, 3.8) is 0 Å². The monoisotopic (exact) mass is 272 g/mol. The van der Waals surface area contributed by atoms with Gasteiger partial charge in [-0.25, -0.2) is 0 Å². The molecule has 0 aliphatic carbocycles. The largest absolute Gasteiger partial charge is 0.387 e. The predicted octanol–water partition coefficient (Wildman–Crippen LogP) is 5.08. The number of aliphatic hydroxyl groups is 1. The van der Waals surface area contributed by atoms with Crippen molar-refractivity contribution >= 4 is 0 Å². The Kier molecular flexibility index (Phi) is 9.72. The lowest BCUT2D eigenvalue weighted by molar-refractivity contribution is -0.200. The SMILES string of the molecule is CCCOC(CCC)(CCC)C(O)(CCC)CCC. The second-order valence-corrected chi connectivity index (χ2v) is 5.87. The van der Waals surface area contributed by atoms with Crippen molar-refractivity contribution in [2.24, 2.45) is 0 Å².